The van der Waals surface area contributed by atoms with Gasteiger partial charge in [-0.05, 0) is 83.5 Å². The maximum absolute atomic E-state index is 14.5. The van der Waals surface area contributed by atoms with Gasteiger partial charge in [0.1, 0.15) is 12.1 Å². The summed E-state index contributed by atoms with van der Waals surface area (Å²) in [6.07, 6.45) is 9.13. The Morgan fingerprint density at radius 2 is 1.46 bits per heavy atom. The van der Waals surface area contributed by atoms with Gasteiger partial charge in [0.2, 0.25) is 17.7 Å². The maximum Gasteiger partial charge on any atom is 0.246 e. The third-order valence-electron chi connectivity index (χ3n) is 9.53. The second-order valence-corrected chi connectivity index (χ2v) is 12.8. The summed E-state index contributed by atoms with van der Waals surface area (Å²) >= 11 is 0. The first-order valence-electron chi connectivity index (χ1n) is 17.0. The highest BCUT2D eigenvalue weighted by molar-refractivity contribution is 5.95. The smallest absolute Gasteiger partial charge is 0.246 e. The monoisotopic (exact) mass is 683 g/mol. The van der Waals surface area contributed by atoms with Gasteiger partial charge in [-0.1, -0.05) is 68.5 Å². The number of amides is 3. The molecule has 0 aliphatic carbocycles. The van der Waals surface area contributed by atoms with E-state index in [1.165, 1.54) is 29.0 Å². The Kier molecular flexibility index (Phi) is 13.3. The summed E-state index contributed by atoms with van der Waals surface area (Å²) in [5.41, 5.74) is 8.14. The van der Waals surface area contributed by atoms with Gasteiger partial charge < -0.3 is 20.9 Å². The van der Waals surface area contributed by atoms with Crippen molar-refractivity contribution in [1.29, 1.82) is 0 Å². The van der Waals surface area contributed by atoms with Crippen LogP contribution in [0, 0.1) is 11.6 Å². The lowest BCUT2D eigenvalue weighted by molar-refractivity contribution is -0.146. The SMILES string of the molecule is CCC(N)(CC)CC=CC(=O)N(C)[C@H](Cc1ccc2ccccc2c1)C(=O)N(C)[C@H](Cc1ccc(F)c(F)c1)C(=O)NCCc1ccncc1. The minimum atomic E-state index is -1.09. The Labute approximate surface area is 293 Å². The number of nitrogens with two attached hydrogens (primary N) is 1. The zero-order chi connectivity index (χ0) is 36.3. The topological polar surface area (TPSA) is 109 Å². The first kappa shape index (κ1) is 37.9. The van der Waals surface area contributed by atoms with Crippen molar-refractivity contribution in [1.82, 2.24) is 20.1 Å². The Hall–Kier alpha value is -4.96. The summed E-state index contributed by atoms with van der Waals surface area (Å²) in [5.74, 6) is -3.38. The van der Waals surface area contributed by atoms with Crippen LogP contribution >= 0.6 is 0 Å². The molecule has 0 aliphatic rings. The summed E-state index contributed by atoms with van der Waals surface area (Å²) in [6, 6.07) is 18.8. The molecule has 8 nitrogen and oxygen atoms in total. The predicted octanol–water partition coefficient (Wildman–Crippen LogP) is 5.77. The maximum atomic E-state index is 14.5. The molecular formula is C40H47F2N5O3. The van der Waals surface area contributed by atoms with Crippen LogP contribution in [0.4, 0.5) is 8.78 Å². The lowest BCUT2D eigenvalue weighted by Gasteiger charge is -2.34. The van der Waals surface area contributed by atoms with E-state index in [-0.39, 0.29) is 25.3 Å². The van der Waals surface area contributed by atoms with Crippen molar-refractivity contribution < 1.29 is 23.2 Å². The Morgan fingerprint density at radius 1 is 0.820 bits per heavy atom. The molecule has 0 saturated carbocycles. The number of carbonyl (C=O) groups excluding carboxylic acids is 3. The zero-order valence-electron chi connectivity index (χ0n) is 29.2. The first-order chi connectivity index (χ1) is 23.9. The van der Waals surface area contributed by atoms with Gasteiger partial charge in [0.05, 0.1) is 0 Å². The zero-order valence-corrected chi connectivity index (χ0v) is 29.2. The molecule has 10 heteroatoms. The number of carbonyl (C=O) groups is 3. The second kappa shape index (κ2) is 17.6. The van der Waals surface area contributed by atoms with Crippen molar-refractivity contribution in [3.05, 3.63) is 126 Å². The number of hydrogen-bond donors (Lipinski definition) is 2. The van der Waals surface area contributed by atoms with Crippen LogP contribution in [-0.4, -0.2) is 70.8 Å². The predicted molar refractivity (Wildman–Crippen MR) is 193 cm³/mol. The largest absolute Gasteiger partial charge is 0.354 e. The number of nitrogens with one attached hydrogen (secondary N) is 1. The van der Waals surface area contributed by atoms with E-state index in [9.17, 15) is 23.2 Å². The number of aromatic nitrogens is 1. The van der Waals surface area contributed by atoms with Gasteiger partial charge in [0, 0.05) is 51.4 Å². The average molecular weight is 684 g/mol. The number of benzene rings is 3. The van der Waals surface area contributed by atoms with Crippen molar-refractivity contribution in [2.45, 2.75) is 70.0 Å². The molecule has 3 N–H and O–H groups in total. The highest BCUT2D eigenvalue weighted by Crippen LogP contribution is 2.21. The van der Waals surface area contributed by atoms with E-state index in [0.717, 1.165) is 46.9 Å². The lowest BCUT2D eigenvalue weighted by atomic mass is 9.90. The van der Waals surface area contributed by atoms with E-state index >= 15 is 0 Å². The molecule has 0 bridgehead atoms. The van der Waals surface area contributed by atoms with Crippen LogP contribution in [-0.2, 0) is 33.6 Å². The number of fused-ring (bicyclic) bond motifs is 1. The fourth-order valence-corrected chi connectivity index (χ4v) is 5.86. The Morgan fingerprint density at radius 3 is 2.14 bits per heavy atom. The highest BCUT2D eigenvalue weighted by atomic mass is 19.2. The van der Waals surface area contributed by atoms with Gasteiger partial charge in [-0.2, -0.15) is 0 Å². The van der Waals surface area contributed by atoms with Crippen LogP contribution in [0.5, 0.6) is 0 Å². The molecule has 0 fully saturated rings. The molecule has 0 saturated heterocycles. The van der Waals surface area contributed by atoms with E-state index in [1.807, 2.05) is 68.4 Å². The normalized spacial score (nSPS) is 12.9. The quantitative estimate of drug-likeness (QED) is 0.146. The summed E-state index contributed by atoms with van der Waals surface area (Å²) in [6.45, 7) is 4.29. The number of likely N-dealkylation sites (N-methyl/N-ethyl adjacent to an activating group) is 2. The summed E-state index contributed by atoms with van der Waals surface area (Å²) < 4.78 is 28.1. The van der Waals surface area contributed by atoms with Gasteiger partial charge in [-0.15, -0.1) is 0 Å². The molecular weight excluding hydrogens is 636 g/mol. The van der Waals surface area contributed by atoms with Crippen LogP contribution in [0.25, 0.3) is 10.8 Å². The number of rotatable bonds is 16. The second-order valence-electron chi connectivity index (χ2n) is 12.8. The molecule has 0 aliphatic heterocycles. The number of nitrogens with zero attached hydrogens (tertiary/aromatic N) is 3. The molecule has 2 atom stereocenters. The van der Waals surface area contributed by atoms with E-state index < -0.39 is 41.1 Å². The average Bonchev–Trinajstić information content (AvgIpc) is 3.13. The standard InChI is InChI=1S/C40H47F2N5O3/c1-5-40(43,6-2)20-9-12-37(48)46(3)36(27-29-13-15-31-10-7-8-11-32(31)24-29)39(50)47(4)35(26-30-14-16-33(41)34(42)25-30)38(49)45-23-19-28-17-21-44-22-18-28/h7-18,21-22,24-25,35-36H,5-6,19-20,23,26-27,43H2,1-4H3,(H,45,49)/t35-,36-/m1/s1. The summed E-state index contributed by atoms with van der Waals surface area (Å²) in [7, 11) is 3.07. The number of pyridine rings is 1. The molecule has 3 amide bonds. The third-order valence-corrected chi connectivity index (χ3v) is 9.53. The minimum Gasteiger partial charge on any atom is -0.354 e. The van der Waals surface area contributed by atoms with E-state index in [4.69, 9.17) is 5.73 Å². The van der Waals surface area contributed by atoms with Gasteiger partial charge >= 0.3 is 0 Å². The van der Waals surface area contributed by atoms with E-state index in [2.05, 4.69) is 10.3 Å². The molecule has 0 spiro atoms. The van der Waals surface area contributed by atoms with Crippen LogP contribution in [0.2, 0.25) is 0 Å². The van der Waals surface area contributed by atoms with Gasteiger partial charge in [0.25, 0.3) is 0 Å². The van der Waals surface area contributed by atoms with Crippen LogP contribution in [0.15, 0.2) is 97.3 Å². The van der Waals surface area contributed by atoms with E-state index in [0.29, 0.717) is 18.4 Å². The van der Waals surface area contributed by atoms with Crippen molar-refractivity contribution in [2.75, 3.05) is 20.6 Å². The molecule has 1 heterocycles. The molecule has 0 radical (unpaired) electrons. The molecule has 4 rings (SSSR count). The van der Waals surface area contributed by atoms with Crippen LogP contribution in [0.1, 0.15) is 49.8 Å². The molecule has 3 aromatic carbocycles. The van der Waals surface area contributed by atoms with Crippen molar-refractivity contribution in [2.24, 2.45) is 5.73 Å². The first-order valence-corrected chi connectivity index (χ1v) is 17.0. The molecule has 50 heavy (non-hydrogen) atoms. The van der Waals surface area contributed by atoms with Crippen LogP contribution < -0.4 is 11.1 Å². The summed E-state index contributed by atoms with van der Waals surface area (Å²) in [4.78, 5) is 48.6. The Balaban J connectivity index is 1.64. The minimum absolute atomic E-state index is 0.0760. The van der Waals surface area contributed by atoms with Gasteiger partial charge in [-0.3, -0.25) is 19.4 Å². The Bertz CT molecular complexity index is 1790. The van der Waals surface area contributed by atoms with Crippen molar-refractivity contribution in [3.63, 3.8) is 0 Å². The molecule has 264 valence electrons. The number of halogens is 2. The van der Waals surface area contributed by atoms with Crippen molar-refractivity contribution >= 4 is 28.5 Å². The molecule has 0 unspecified atom stereocenters. The fraction of sp³-hybridized carbons (Fsp3) is 0.350. The molecule has 1 aromatic heterocycles. The highest BCUT2D eigenvalue weighted by Gasteiger charge is 2.35. The summed E-state index contributed by atoms with van der Waals surface area (Å²) in [5, 5.41) is 4.93. The van der Waals surface area contributed by atoms with Gasteiger partial charge in [-0.25, -0.2) is 8.78 Å². The van der Waals surface area contributed by atoms with E-state index in [1.54, 1.807) is 25.5 Å². The van der Waals surface area contributed by atoms with Crippen molar-refractivity contribution in [3.8, 4) is 0 Å². The van der Waals surface area contributed by atoms with Crippen LogP contribution in [0.3, 0.4) is 0 Å². The lowest BCUT2D eigenvalue weighted by Crippen LogP contribution is -2.56. The third kappa shape index (κ3) is 10.0. The fourth-order valence-electron chi connectivity index (χ4n) is 5.86. The molecule has 4 aromatic rings. The van der Waals surface area contributed by atoms with Gasteiger partial charge in [0.15, 0.2) is 11.6 Å². The number of hydrogen-bond acceptors (Lipinski definition) is 5.